The number of Topliss-reactive ketones (excluding diaryl/α,β-unsaturated/α-hetero) is 1. The molecule has 2 aromatic rings. The van der Waals surface area contributed by atoms with E-state index in [9.17, 15) is 14.9 Å². The van der Waals surface area contributed by atoms with Gasteiger partial charge in [-0.3, -0.25) is 19.9 Å². The molecule has 0 radical (unpaired) electrons. The highest BCUT2D eigenvalue weighted by Gasteiger charge is 2.15. The van der Waals surface area contributed by atoms with Crippen molar-refractivity contribution < 1.29 is 9.72 Å². The van der Waals surface area contributed by atoms with Gasteiger partial charge in [-0.25, -0.2) is 0 Å². The molecule has 102 valence electrons. The van der Waals surface area contributed by atoms with Crippen LogP contribution in [-0.2, 0) is 6.42 Å². The Labute approximate surface area is 120 Å². The quantitative estimate of drug-likeness (QED) is 0.491. The second-order valence-electron chi connectivity index (χ2n) is 4.32. The third-order valence-electron chi connectivity index (χ3n) is 2.93. The standard InChI is InChI=1S/C14H11ClN2O3/c1-9-6-11(17(19)20)2-3-12(9)14(18)7-10-4-5-16-8-13(10)15/h2-6,8H,7H2,1H3. The van der Waals surface area contributed by atoms with E-state index >= 15 is 0 Å². The number of halogens is 1. The van der Waals surface area contributed by atoms with Crippen LogP contribution in [-0.4, -0.2) is 15.7 Å². The Bertz CT molecular complexity index is 686. The molecule has 0 spiro atoms. The lowest BCUT2D eigenvalue weighted by molar-refractivity contribution is -0.384. The van der Waals surface area contributed by atoms with Gasteiger partial charge >= 0.3 is 0 Å². The van der Waals surface area contributed by atoms with Gasteiger partial charge in [-0.1, -0.05) is 11.6 Å². The Morgan fingerprint density at radius 1 is 1.40 bits per heavy atom. The number of rotatable bonds is 4. The van der Waals surface area contributed by atoms with Crippen molar-refractivity contribution in [3.05, 3.63) is 68.5 Å². The molecule has 20 heavy (non-hydrogen) atoms. The first-order chi connectivity index (χ1) is 9.49. The fraction of sp³-hybridized carbons (Fsp3) is 0.143. The third kappa shape index (κ3) is 3.00. The van der Waals surface area contributed by atoms with E-state index in [0.29, 0.717) is 21.7 Å². The number of benzene rings is 1. The SMILES string of the molecule is Cc1cc([N+](=O)[O-])ccc1C(=O)Cc1ccncc1Cl. The molecule has 0 atom stereocenters. The van der Waals surface area contributed by atoms with Crippen LogP contribution >= 0.6 is 11.6 Å². The van der Waals surface area contributed by atoms with Crippen LogP contribution in [0.2, 0.25) is 5.02 Å². The number of non-ortho nitro benzene ring substituents is 1. The number of pyridine rings is 1. The van der Waals surface area contributed by atoms with Crippen LogP contribution in [0.3, 0.4) is 0 Å². The van der Waals surface area contributed by atoms with Crippen LogP contribution in [0.15, 0.2) is 36.7 Å². The lowest BCUT2D eigenvalue weighted by Gasteiger charge is -2.06. The van der Waals surface area contributed by atoms with Gasteiger partial charge in [-0.15, -0.1) is 0 Å². The maximum Gasteiger partial charge on any atom is 0.269 e. The van der Waals surface area contributed by atoms with Crippen molar-refractivity contribution in [1.29, 1.82) is 0 Å². The predicted octanol–water partition coefficient (Wildman–Crippen LogP) is 3.38. The highest BCUT2D eigenvalue weighted by Crippen LogP contribution is 2.21. The Balaban J connectivity index is 2.26. The molecule has 0 fully saturated rings. The molecule has 0 bridgehead atoms. The summed E-state index contributed by atoms with van der Waals surface area (Å²) in [6.45, 7) is 1.67. The average Bonchev–Trinajstić information content (AvgIpc) is 2.41. The number of carbonyl (C=O) groups excluding carboxylic acids is 1. The van der Waals surface area contributed by atoms with E-state index in [-0.39, 0.29) is 17.9 Å². The van der Waals surface area contributed by atoms with Crippen molar-refractivity contribution in [2.45, 2.75) is 13.3 Å². The summed E-state index contributed by atoms with van der Waals surface area (Å²) in [5.74, 6) is -0.134. The molecule has 1 aromatic carbocycles. The molecule has 0 N–H and O–H groups in total. The van der Waals surface area contributed by atoms with Crippen LogP contribution in [0.4, 0.5) is 5.69 Å². The third-order valence-corrected chi connectivity index (χ3v) is 3.27. The monoisotopic (exact) mass is 290 g/mol. The van der Waals surface area contributed by atoms with Gasteiger partial charge in [-0.2, -0.15) is 0 Å². The number of hydrogen-bond acceptors (Lipinski definition) is 4. The summed E-state index contributed by atoms with van der Waals surface area (Å²) in [6, 6.07) is 5.88. The zero-order valence-electron chi connectivity index (χ0n) is 10.7. The molecular weight excluding hydrogens is 280 g/mol. The van der Waals surface area contributed by atoms with Crippen molar-refractivity contribution >= 4 is 23.1 Å². The zero-order chi connectivity index (χ0) is 14.7. The number of ketones is 1. The zero-order valence-corrected chi connectivity index (χ0v) is 11.4. The van der Waals surface area contributed by atoms with Gasteiger partial charge in [0.2, 0.25) is 0 Å². The number of hydrogen-bond donors (Lipinski definition) is 0. The van der Waals surface area contributed by atoms with E-state index in [1.54, 1.807) is 19.2 Å². The summed E-state index contributed by atoms with van der Waals surface area (Å²) in [4.78, 5) is 26.3. The molecule has 0 aliphatic rings. The van der Waals surface area contributed by atoms with E-state index in [1.165, 1.54) is 24.4 Å². The molecule has 2 rings (SSSR count). The Morgan fingerprint density at radius 3 is 2.75 bits per heavy atom. The lowest BCUT2D eigenvalue weighted by Crippen LogP contribution is -2.06. The van der Waals surface area contributed by atoms with Crippen molar-refractivity contribution in [3.8, 4) is 0 Å². The Morgan fingerprint density at radius 2 is 2.15 bits per heavy atom. The summed E-state index contributed by atoms with van der Waals surface area (Å²) < 4.78 is 0. The minimum atomic E-state index is -0.485. The maximum atomic E-state index is 12.2. The Kier molecular flexibility index (Phi) is 4.10. The fourth-order valence-electron chi connectivity index (χ4n) is 1.89. The summed E-state index contributed by atoms with van der Waals surface area (Å²) in [5.41, 5.74) is 1.70. The van der Waals surface area contributed by atoms with Gasteiger partial charge in [-0.05, 0) is 30.2 Å². The molecule has 0 amide bonds. The van der Waals surface area contributed by atoms with Crippen LogP contribution in [0, 0.1) is 17.0 Å². The number of aryl methyl sites for hydroxylation is 1. The molecule has 1 aromatic heterocycles. The summed E-state index contributed by atoms with van der Waals surface area (Å²) in [5, 5.41) is 11.1. The van der Waals surface area contributed by atoms with Crippen LogP contribution in [0.5, 0.6) is 0 Å². The van der Waals surface area contributed by atoms with Crippen molar-refractivity contribution in [2.24, 2.45) is 0 Å². The number of nitro benzene ring substituents is 1. The van der Waals surface area contributed by atoms with Gasteiger partial charge < -0.3 is 0 Å². The van der Waals surface area contributed by atoms with Crippen LogP contribution < -0.4 is 0 Å². The van der Waals surface area contributed by atoms with Gasteiger partial charge in [0.15, 0.2) is 5.78 Å². The second-order valence-corrected chi connectivity index (χ2v) is 4.73. The van der Waals surface area contributed by atoms with Gasteiger partial charge in [0.25, 0.3) is 5.69 Å². The van der Waals surface area contributed by atoms with Crippen LogP contribution in [0.1, 0.15) is 21.5 Å². The smallest absolute Gasteiger partial charge is 0.269 e. The predicted molar refractivity (Wildman–Crippen MR) is 75.1 cm³/mol. The molecule has 0 saturated heterocycles. The van der Waals surface area contributed by atoms with Crippen molar-refractivity contribution in [1.82, 2.24) is 4.98 Å². The number of nitro groups is 1. The van der Waals surface area contributed by atoms with Crippen molar-refractivity contribution in [2.75, 3.05) is 0 Å². The fourth-order valence-corrected chi connectivity index (χ4v) is 2.08. The number of nitrogens with zero attached hydrogens (tertiary/aromatic N) is 2. The van der Waals surface area contributed by atoms with Gasteiger partial charge in [0.05, 0.1) is 9.95 Å². The molecule has 0 saturated carbocycles. The van der Waals surface area contributed by atoms with Gasteiger partial charge in [0.1, 0.15) is 0 Å². The molecule has 5 nitrogen and oxygen atoms in total. The first-order valence-electron chi connectivity index (χ1n) is 5.85. The first kappa shape index (κ1) is 14.1. The van der Waals surface area contributed by atoms with E-state index in [2.05, 4.69) is 4.98 Å². The normalized spacial score (nSPS) is 10.3. The van der Waals surface area contributed by atoms with E-state index < -0.39 is 4.92 Å². The van der Waals surface area contributed by atoms with Crippen LogP contribution in [0.25, 0.3) is 0 Å². The highest BCUT2D eigenvalue weighted by molar-refractivity contribution is 6.31. The average molecular weight is 291 g/mol. The Hall–Kier alpha value is -2.27. The minimum Gasteiger partial charge on any atom is -0.294 e. The minimum absolute atomic E-state index is 0.0269. The summed E-state index contributed by atoms with van der Waals surface area (Å²) in [7, 11) is 0. The largest absolute Gasteiger partial charge is 0.294 e. The second kappa shape index (κ2) is 5.79. The van der Waals surface area contributed by atoms with Crippen molar-refractivity contribution in [3.63, 3.8) is 0 Å². The highest BCUT2D eigenvalue weighted by atomic mass is 35.5. The molecule has 0 aliphatic carbocycles. The maximum absolute atomic E-state index is 12.2. The van der Waals surface area contributed by atoms with E-state index in [1.807, 2.05) is 0 Å². The number of carbonyl (C=O) groups is 1. The molecule has 0 aliphatic heterocycles. The number of aromatic nitrogens is 1. The first-order valence-corrected chi connectivity index (χ1v) is 6.23. The lowest BCUT2D eigenvalue weighted by atomic mass is 9.99. The molecule has 6 heteroatoms. The summed E-state index contributed by atoms with van der Waals surface area (Å²) >= 11 is 5.96. The topological polar surface area (TPSA) is 73.1 Å². The van der Waals surface area contributed by atoms with Gasteiger partial charge in [0, 0.05) is 36.5 Å². The van der Waals surface area contributed by atoms with E-state index in [0.717, 1.165) is 0 Å². The van der Waals surface area contributed by atoms with E-state index in [4.69, 9.17) is 11.6 Å². The molecular formula is C14H11ClN2O3. The summed E-state index contributed by atoms with van der Waals surface area (Å²) in [6.07, 6.45) is 3.18. The molecule has 0 unspecified atom stereocenters. The molecule has 1 heterocycles.